The fraction of sp³-hybridized carbons (Fsp3) is 1.00. The number of nitrogens with one attached hydrogen (secondary N) is 1. The van der Waals surface area contributed by atoms with Crippen LogP contribution in [0.5, 0.6) is 0 Å². The maximum Gasteiger partial charge on any atom is 0.0673 e. The second-order valence-electron chi connectivity index (χ2n) is 1.53. The molecule has 0 aromatic carbocycles. The van der Waals surface area contributed by atoms with Gasteiger partial charge in [-0.15, -0.1) is 0 Å². The lowest BCUT2D eigenvalue weighted by Crippen LogP contribution is -1.94. The Morgan fingerprint density at radius 2 is 2.00 bits per heavy atom. The zero-order chi connectivity index (χ0) is 5.70. The molecule has 0 aromatic rings. The normalized spacial score (nSPS) is 10.9. The molecular formula is C4H11N3. The summed E-state index contributed by atoms with van der Waals surface area (Å²) in [5.74, 6) is 0. The minimum atomic E-state index is 0.299. The van der Waals surface area contributed by atoms with E-state index in [1.165, 1.54) is 0 Å². The zero-order valence-electron chi connectivity index (χ0n) is 4.97. The molecule has 3 heteroatoms. The number of hydrogen-bond acceptors (Lipinski definition) is 2. The van der Waals surface area contributed by atoms with Gasteiger partial charge in [0.25, 0.3) is 0 Å². The summed E-state index contributed by atoms with van der Waals surface area (Å²) in [6.07, 6.45) is 0. The maximum absolute atomic E-state index is 3.76. The molecule has 0 aliphatic carbocycles. The summed E-state index contributed by atoms with van der Waals surface area (Å²) in [4.78, 5) is 0. The van der Waals surface area contributed by atoms with E-state index < -0.39 is 0 Å². The van der Waals surface area contributed by atoms with Crippen LogP contribution in [0.1, 0.15) is 13.8 Å². The Hall–Kier alpha value is -0.600. The van der Waals surface area contributed by atoms with Crippen LogP contribution in [0.4, 0.5) is 0 Å². The summed E-state index contributed by atoms with van der Waals surface area (Å²) in [7, 11) is 1.73. The van der Waals surface area contributed by atoms with Crippen molar-refractivity contribution in [3.8, 4) is 0 Å². The minimum Gasteiger partial charge on any atom is -0.295 e. The molecule has 0 aliphatic rings. The molecule has 42 valence electrons. The second kappa shape index (κ2) is 3.59. The van der Waals surface area contributed by atoms with Gasteiger partial charge in [0.15, 0.2) is 0 Å². The van der Waals surface area contributed by atoms with Crippen molar-refractivity contribution >= 4 is 0 Å². The fourth-order valence-corrected chi connectivity index (χ4v) is 0.173. The lowest BCUT2D eigenvalue weighted by atomic mass is 10.4. The van der Waals surface area contributed by atoms with Crippen LogP contribution in [0, 0.1) is 0 Å². The Kier molecular flexibility index (Phi) is 3.28. The highest BCUT2D eigenvalue weighted by molar-refractivity contribution is 4.41. The van der Waals surface area contributed by atoms with Crippen molar-refractivity contribution in [2.24, 2.45) is 10.3 Å². The molecule has 0 aromatic heterocycles. The van der Waals surface area contributed by atoms with Crippen molar-refractivity contribution in [1.82, 2.24) is 5.43 Å². The molecule has 0 heterocycles. The lowest BCUT2D eigenvalue weighted by Gasteiger charge is -1.89. The van der Waals surface area contributed by atoms with Crippen LogP contribution in [0.2, 0.25) is 0 Å². The summed E-state index contributed by atoms with van der Waals surface area (Å²) in [6.45, 7) is 3.95. The average molecular weight is 101 g/mol. The first-order valence-electron chi connectivity index (χ1n) is 2.34. The molecule has 0 radical (unpaired) electrons. The van der Waals surface area contributed by atoms with Gasteiger partial charge < -0.3 is 0 Å². The molecule has 0 aliphatic heterocycles. The van der Waals surface area contributed by atoms with E-state index in [1.807, 2.05) is 13.8 Å². The second-order valence-corrected chi connectivity index (χ2v) is 1.53. The molecular weight excluding hydrogens is 90.1 g/mol. The van der Waals surface area contributed by atoms with Crippen LogP contribution in [0.15, 0.2) is 10.3 Å². The van der Waals surface area contributed by atoms with Gasteiger partial charge in [-0.05, 0) is 13.8 Å². The fourth-order valence-electron chi connectivity index (χ4n) is 0.173. The molecule has 3 nitrogen and oxygen atoms in total. The predicted molar refractivity (Wildman–Crippen MR) is 29.1 cm³/mol. The van der Waals surface area contributed by atoms with Gasteiger partial charge in [0.1, 0.15) is 0 Å². The van der Waals surface area contributed by atoms with Crippen molar-refractivity contribution in [3.05, 3.63) is 0 Å². The van der Waals surface area contributed by atoms with Crippen LogP contribution in [-0.4, -0.2) is 13.1 Å². The summed E-state index contributed by atoms with van der Waals surface area (Å²) in [6, 6.07) is 0.299. The van der Waals surface area contributed by atoms with Gasteiger partial charge in [-0.2, -0.15) is 5.11 Å². The highest BCUT2D eigenvalue weighted by Crippen LogP contribution is 1.82. The molecule has 0 spiro atoms. The first kappa shape index (κ1) is 6.40. The quantitative estimate of drug-likeness (QED) is 0.408. The van der Waals surface area contributed by atoms with Crippen molar-refractivity contribution in [1.29, 1.82) is 0 Å². The molecule has 0 bridgehead atoms. The molecule has 0 saturated carbocycles. The van der Waals surface area contributed by atoms with Crippen LogP contribution in [0.3, 0.4) is 0 Å². The molecule has 1 N–H and O–H groups in total. The van der Waals surface area contributed by atoms with Gasteiger partial charge in [-0.3, -0.25) is 5.43 Å². The van der Waals surface area contributed by atoms with E-state index in [9.17, 15) is 0 Å². The third-order valence-corrected chi connectivity index (χ3v) is 0.389. The van der Waals surface area contributed by atoms with Crippen molar-refractivity contribution in [2.75, 3.05) is 7.05 Å². The van der Waals surface area contributed by atoms with Gasteiger partial charge in [0.05, 0.1) is 6.04 Å². The van der Waals surface area contributed by atoms with E-state index in [1.54, 1.807) is 7.05 Å². The van der Waals surface area contributed by atoms with Gasteiger partial charge in [-0.1, -0.05) is 5.22 Å². The first-order valence-corrected chi connectivity index (χ1v) is 2.34. The van der Waals surface area contributed by atoms with Gasteiger partial charge in [-0.25, -0.2) is 0 Å². The monoisotopic (exact) mass is 101 g/mol. The Labute approximate surface area is 43.8 Å². The number of hydrogen-bond donors (Lipinski definition) is 1. The van der Waals surface area contributed by atoms with E-state index >= 15 is 0 Å². The Bertz CT molecular complexity index is 58.0. The zero-order valence-corrected chi connectivity index (χ0v) is 4.97. The maximum atomic E-state index is 3.76. The smallest absolute Gasteiger partial charge is 0.0673 e. The van der Waals surface area contributed by atoms with E-state index in [-0.39, 0.29) is 0 Å². The number of rotatable bonds is 2. The van der Waals surface area contributed by atoms with Crippen molar-refractivity contribution in [3.63, 3.8) is 0 Å². The molecule has 0 fully saturated rings. The van der Waals surface area contributed by atoms with Gasteiger partial charge >= 0.3 is 0 Å². The predicted octanol–water partition coefficient (Wildman–Crippen LogP) is 0.981. The van der Waals surface area contributed by atoms with Crippen molar-refractivity contribution in [2.45, 2.75) is 19.9 Å². The topological polar surface area (TPSA) is 36.8 Å². The molecule has 0 saturated heterocycles. The third-order valence-electron chi connectivity index (χ3n) is 0.389. The lowest BCUT2D eigenvalue weighted by molar-refractivity contribution is 0.689. The highest BCUT2D eigenvalue weighted by atomic mass is 15.4. The summed E-state index contributed by atoms with van der Waals surface area (Å²) >= 11 is 0. The Morgan fingerprint density at radius 3 is 2.14 bits per heavy atom. The Morgan fingerprint density at radius 1 is 1.43 bits per heavy atom. The summed E-state index contributed by atoms with van der Waals surface area (Å²) in [5, 5.41) is 7.30. The van der Waals surface area contributed by atoms with Crippen molar-refractivity contribution < 1.29 is 0 Å². The summed E-state index contributed by atoms with van der Waals surface area (Å²) in [5.41, 5.74) is 2.56. The standard InChI is InChI=1S/C4H11N3/c1-4(2)6-7-5-3/h4H,1-3H3,(H,5,6). The van der Waals surface area contributed by atoms with Crippen LogP contribution < -0.4 is 5.43 Å². The van der Waals surface area contributed by atoms with E-state index in [0.717, 1.165) is 0 Å². The van der Waals surface area contributed by atoms with E-state index in [2.05, 4.69) is 15.8 Å². The minimum absolute atomic E-state index is 0.299. The molecule has 0 amide bonds. The molecule has 0 atom stereocenters. The molecule has 0 unspecified atom stereocenters. The highest BCUT2D eigenvalue weighted by Gasteiger charge is 1.80. The van der Waals surface area contributed by atoms with Gasteiger partial charge in [0.2, 0.25) is 0 Å². The largest absolute Gasteiger partial charge is 0.295 e. The SMILES string of the molecule is CNN=NC(C)C. The summed E-state index contributed by atoms with van der Waals surface area (Å²) < 4.78 is 0. The van der Waals surface area contributed by atoms with Crippen LogP contribution in [-0.2, 0) is 0 Å². The number of nitrogens with zero attached hydrogens (tertiary/aromatic N) is 2. The molecule has 0 rings (SSSR count). The first-order chi connectivity index (χ1) is 3.27. The van der Waals surface area contributed by atoms with Gasteiger partial charge in [0, 0.05) is 7.05 Å². The third kappa shape index (κ3) is 5.40. The van der Waals surface area contributed by atoms with Crippen LogP contribution >= 0.6 is 0 Å². The van der Waals surface area contributed by atoms with E-state index in [4.69, 9.17) is 0 Å². The Balaban J connectivity index is 3.08. The van der Waals surface area contributed by atoms with E-state index in [0.29, 0.717) is 6.04 Å². The van der Waals surface area contributed by atoms with Crippen LogP contribution in [0.25, 0.3) is 0 Å². The average Bonchev–Trinajstić information content (AvgIpc) is 1.61. The molecule has 7 heavy (non-hydrogen) atoms.